The minimum atomic E-state index is 0. The third-order valence-corrected chi connectivity index (χ3v) is 0.869. The van der Waals surface area contributed by atoms with E-state index in [-0.39, 0.29) is 25.9 Å². The van der Waals surface area contributed by atoms with Gasteiger partial charge in [-0.15, -0.1) is 11.3 Å². The van der Waals surface area contributed by atoms with Gasteiger partial charge in [0.05, 0.1) is 5.51 Å². The maximum atomic E-state index is 3.74. The van der Waals surface area contributed by atoms with Crippen molar-refractivity contribution in [3.8, 4) is 0 Å². The van der Waals surface area contributed by atoms with Gasteiger partial charge in [-0.3, -0.25) is 4.98 Å². The van der Waals surface area contributed by atoms with E-state index in [4.69, 9.17) is 0 Å². The molecule has 0 aliphatic rings. The van der Waals surface area contributed by atoms with Gasteiger partial charge in [-0.05, 0) is 0 Å². The Hall–Kier alpha value is 0.396. The Labute approximate surface area is 59.5 Å². The van der Waals surface area contributed by atoms with Crippen LogP contribution in [0.3, 0.4) is 0 Å². The SMILES string of the molecule is [H-].[H-].[Mg+2].c1cscn1. The predicted octanol–water partition coefficient (Wildman–Crippen LogP) is 0.987. The first kappa shape index (κ1) is 6.40. The van der Waals surface area contributed by atoms with Gasteiger partial charge in [0.25, 0.3) is 0 Å². The summed E-state index contributed by atoms with van der Waals surface area (Å²) in [5.74, 6) is 0. The summed E-state index contributed by atoms with van der Waals surface area (Å²) in [5.41, 5.74) is 1.79. The van der Waals surface area contributed by atoms with Crippen LogP contribution < -0.4 is 0 Å². The Morgan fingerprint density at radius 2 is 2.50 bits per heavy atom. The summed E-state index contributed by atoms with van der Waals surface area (Å²) in [7, 11) is 0. The van der Waals surface area contributed by atoms with E-state index in [0.29, 0.717) is 0 Å². The van der Waals surface area contributed by atoms with Crippen molar-refractivity contribution >= 4 is 34.4 Å². The van der Waals surface area contributed by atoms with Crippen LogP contribution in [0.1, 0.15) is 2.85 Å². The maximum Gasteiger partial charge on any atom is 2.00 e. The second-order valence-corrected chi connectivity index (χ2v) is 1.43. The first-order valence-electron chi connectivity index (χ1n) is 1.32. The van der Waals surface area contributed by atoms with Crippen molar-refractivity contribution in [2.24, 2.45) is 0 Å². The van der Waals surface area contributed by atoms with Gasteiger partial charge in [0, 0.05) is 11.6 Å². The van der Waals surface area contributed by atoms with E-state index in [2.05, 4.69) is 4.98 Å². The molecule has 0 aliphatic heterocycles. The Morgan fingerprint density at radius 1 is 1.67 bits per heavy atom. The molecule has 3 heteroatoms. The summed E-state index contributed by atoms with van der Waals surface area (Å²) < 4.78 is 0. The number of hydrogen-bond acceptors (Lipinski definition) is 2. The van der Waals surface area contributed by atoms with E-state index in [1.165, 1.54) is 0 Å². The van der Waals surface area contributed by atoms with Crippen molar-refractivity contribution in [2.45, 2.75) is 0 Å². The van der Waals surface area contributed by atoms with Crippen LogP contribution >= 0.6 is 11.3 Å². The fourth-order valence-corrected chi connectivity index (χ4v) is 0.527. The normalized spacial score (nSPS) is 6.67. The average Bonchev–Trinajstić information content (AvgIpc) is 1.76. The quantitative estimate of drug-likeness (QED) is 0.455. The van der Waals surface area contributed by atoms with Crippen LogP contribution in [0, 0.1) is 0 Å². The third kappa shape index (κ3) is 1.74. The molecule has 0 aromatic carbocycles. The number of thiazole rings is 1. The number of nitrogens with zero attached hydrogens (tertiary/aromatic N) is 1. The van der Waals surface area contributed by atoms with Gasteiger partial charge < -0.3 is 2.85 Å². The molecule has 0 bridgehead atoms. The monoisotopic (exact) mass is 111 g/mol. The molecule has 0 N–H and O–H groups in total. The molecule has 0 spiro atoms. The molecule has 0 unspecified atom stereocenters. The Kier molecular flexibility index (Phi) is 3.82. The molecule has 6 heavy (non-hydrogen) atoms. The van der Waals surface area contributed by atoms with Crippen LogP contribution in [0.5, 0.6) is 0 Å². The molecular formula is C3H5MgNS. The summed E-state index contributed by atoms with van der Waals surface area (Å²) in [6, 6.07) is 0. The molecule has 0 saturated carbocycles. The van der Waals surface area contributed by atoms with Crippen LogP contribution in [-0.2, 0) is 0 Å². The largest absolute Gasteiger partial charge is 2.00 e. The number of hydrogen-bond donors (Lipinski definition) is 0. The average molecular weight is 111 g/mol. The molecule has 0 aliphatic carbocycles. The van der Waals surface area contributed by atoms with Crippen LogP contribution in [0.25, 0.3) is 0 Å². The Balaban J connectivity index is -0.0000000833. The molecule has 1 nitrogen and oxygen atoms in total. The molecule has 0 fully saturated rings. The van der Waals surface area contributed by atoms with Gasteiger partial charge >= 0.3 is 23.1 Å². The van der Waals surface area contributed by atoms with Gasteiger partial charge in [0.15, 0.2) is 0 Å². The summed E-state index contributed by atoms with van der Waals surface area (Å²) in [6.45, 7) is 0. The topological polar surface area (TPSA) is 12.9 Å². The first-order chi connectivity index (χ1) is 2.50. The Morgan fingerprint density at radius 3 is 2.67 bits per heavy atom. The van der Waals surface area contributed by atoms with Gasteiger partial charge in [0.2, 0.25) is 0 Å². The smallest absolute Gasteiger partial charge is 1.00 e. The van der Waals surface area contributed by atoms with Crippen LogP contribution in [0.15, 0.2) is 17.1 Å². The molecule has 1 rings (SSSR count). The van der Waals surface area contributed by atoms with Crippen LogP contribution in [0.4, 0.5) is 0 Å². The molecule has 1 aromatic rings. The van der Waals surface area contributed by atoms with Crippen molar-refractivity contribution in [3.63, 3.8) is 0 Å². The first-order valence-corrected chi connectivity index (χ1v) is 2.26. The molecule has 1 aromatic heterocycles. The summed E-state index contributed by atoms with van der Waals surface area (Å²) in [5, 5.41) is 1.93. The molecule has 0 atom stereocenters. The van der Waals surface area contributed by atoms with E-state index < -0.39 is 0 Å². The molecule has 0 saturated heterocycles. The maximum absolute atomic E-state index is 3.74. The second-order valence-electron chi connectivity index (χ2n) is 0.676. The Bertz CT molecular complexity index is 73.8. The molecule has 1 heterocycles. The molecular weight excluding hydrogens is 106 g/mol. The summed E-state index contributed by atoms with van der Waals surface area (Å²) in [4.78, 5) is 3.74. The van der Waals surface area contributed by atoms with Crippen molar-refractivity contribution in [2.75, 3.05) is 0 Å². The zero-order chi connectivity index (χ0) is 3.54. The fraction of sp³-hybridized carbons (Fsp3) is 0. The standard InChI is InChI=1S/C3H3NS.Mg.2H/c1-2-5-3-4-1;;;/h1-3H;;;/q;+2;2*-1. The number of rotatable bonds is 0. The third-order valence-electron chi connectivity index (χ3n) is 0.347. The summed E-state index contributed by atoms with van der Waals surface area (Å²) in [6.07, 6.45) is 1.77. The van der Waals surface area contributed by atoms with Gasteiger partial charge in [-0.25, -0.2) is 0 Å². The predicted molar refractivity (Wildman–Crippen MR) is 30.1 cm³/mol. The van der Waals surface area contributed by atoms with Crippen molar-refractivity contribution in [1.29, 1.82) is 0 Å². The van der Waals surface area contributed by atoms with E-state index >= 15 is 0 Å². The second kappa shape index (κ2) is 3.58. The van der Waals surface area contributed by atoms with E-state index in [0.717, 1.165) is 0 Å². The van der Waals surface area contributed by atoms with Crippen molar-refractivity contribution < 1.29 is 2.85 Å². The fourth-order valence-electron chi connectivity index (χ4n) is 0.176. The summed E-state index contributed by atoms with van der Waals surface area (Å²) >= 11 is 1.60. The molecule has 0 radical (unpaired) electrons. The molecule has 0 amide bonds. The van der Waals surface area contributed by atoms with Crippen LogP contribution in [-0.4, -0.2) is 28.0 Å². The van der Waals surface area contributed by atoms with Gasteiger partial charge in [0.1, 0.15) is 0 Å². The number of aromatic nitrogens is 1. The zero-order valence-electron chi connectivity index (χ0n) is 5.29. The van der Waals surface area contributed by atoms with E-state index in [1.807, 2.05) is 5.38 Å². The van der Waals surface area contributed by atoms with Crippen molar-refractivity contribution in [3.05, 3.63) is 17.1 Å². The van der Waals surface area contributed by atoms with Gasteiger partial charge in [-0.1, -0.05) is 0 Å². The van der Waals surface area contributed by atoms with E-state index in [1.54, 1.807) is 23.0 Å². The van der Waals surface area contributed by atoms with E-state index in [9.17, 15) is 0 Å². The minimum absolute atomic E-state index is 0. The zero-order valence-corrected chi connectivity index (χ0v) is 5.53. The van der Waals surface area contributed by atoms with Gasteiger partial charge in [-0.2, -0.15) is 0 Å². The minimum Gasteiger partial charge on any atom is -1.00 e. The molecule has 30 valence electrons. The van der Waals surface area contributed by atoms with Crippen molar-refractivity contribution in [1.82, 2.24) is 4.98 Å². The van der Waals surface area contributed by atoms with Crippen LogP contribution in [0.2, 0.25) is 0 Å².